The summed E-state index contributed by atoms with van der Waals surface area (Å²) in [5, 5.41) is 27.4. The van der Waals surface area contributed by atoms with Crippen molar-refractivity contribution in [2.24, 2.45) is 5.92 Å². The van der Waals surface area contributed by atoms with Crippen molar-refractivity contribution in [3.05, 3.63) is 12.2 Å². The summed E-state index contributed by atoms with van der Waals surface area (Å²) in [4.78, 5) is 37.5. The summed E-state index contributed by atoms with van der Waals surface area (Å²) in [6.45, 7) is 6.71. The Hall–Kier alpha value is -1.38. The predicted octanol–water partition coefficient (Wildman–Crippen LogP) is 3.09. The molecule has 3 atom stereocenters. The zero-order valence-electron chi connectivity index (χ0n) is 20.1. The highest BCUT2D eigenvalue weighted by molar-refractivity contribution is 8.13. The lowest BCUT2D eigenvalue weighted by Gasteiger charge is -2.47. The van der Waals surface area contributed by atoms with Gasteiger partial charge in [0, 0.05) is 31.6 Å². The van der Waals surface area contributed by atoms with E-state index < -0.39 is 22.4 Å². The first-order valence-electron chi connectivity index (χ1n) is 11.9. The van der Waals surface area contributed by atoms with Crippen LogP contribution in [0.15, 0.2) is 12.2 Å². The van der Waals surface area contributed by atoms with Crippen molar-refractivity contribution in [1.29, 1.82) is 0 Å². The van der Waals surface area contributed by atoms with Gasteiger partial charge in [0.1, 0.15) is 0 Å². The lowest BCUT2D eigenvalue weighted by Crippen LogP contribution is -2.73. The van der Waals surface area contributed by atoms with Gasteiger partial charge in [-0.2, -0.15) is 0 Å². The number of aliphatic hydroxyl groups excluding tert-OH is 1. The molecule has 7 nitrogen and oxygen atoms in total. The van der Waals surface area contributed by atoms with E-state index >= 15 is 0 Å². The molecule has 2 amide bonds. The fourth-order valence-corrected chi connectivity index (χ4v) is 5.13. The topological polar surface area (TPSA) is 116 Å². The summed E-state index contributed by atoms with van der Waals surface area (Å²) in [6, 6.07) is 0. The van der Waals surface area contributed by atoms with Gasteiger partial charge in [-0.05, 0) is 39.5 Å². The SMILES string of the molecule is CCCCCCCC(=O)N[C@](C(=O)SCCNC(C)=O)([C@@H](O)[C@@H]1C=CCCC1)C(C)(C)O. The van der Waals surface area contributed by atoms with Gasteiger partial charge in [0.05, 0.1) is 11.7 Å². The number of hydrogen-bond donors (Lipinski definition) is 4. The second kappa shape index (κ2) is 14.0. The first-order chi connectivity index (χ1) is 15.1. The molecule has 0 unspecified atom stereocenters. The molecule has 0 bridgehead atoms. The zero-order valence-corrected chi connectivity index (χ0v) is 20.9. The van der Waals surface area contributed by atoms with Crippen molar-refractivity contribution in [3.8, 4) is 0 Å². The summed E-state index contributed by atoms with van der Waals surface area (Å²) in [6.07, 6.45) is 10.1. The van der Waals surface area contributed by atoms with Crippen molar-refractivity contribution < 1.29 is 24.6 Å². The first-order valence-corrected chi connectivity index (χ1v) is 12.8. The van der Waals surface area contributed by atoms with Crippen molar-refractivity contribution in [1.82, 2.24) is 10.6 Å². The van der Waals surface area contributed by atoms with E-state index in [0.717, 1.165) is 50.3 Å². The highest BCUT2D eigenvalue weighted by Crippen LogP contribution is 2.37. The molecular weight excluding hydrogens is 428 g/mol. The van der Waals surface area contributed by atoms with Crippen LogP contribution in [0.25, 0.3) is 0 Å². The molecule has 0 radical (unpaired) electrons. The van der Waals surface area contributed by atoms with Crippen LogP contribution in [0.4, 0.5) is 0 Å². The molecule has 0 aliphatic heterocycles. The van der Waals surface area contributed by atoms with Crippen LogP contribution >= 0.6 is 11.8 Å². The Morgan fingerprint density at radius 3 is 2.44 bits per heavy atom. The minimum atomic E-state index is -1.86. The summed E-state index contributed by atoms with van der Waals surface area (Å²) in [5.41, 5.74) is -3.56. The monoisotopic (exact) mass is 470 g/mol. The van der Waals surface area contributed by atoms with Gasteiger partial charge in [-0.1, -0.05) is 56.5 Å². The number of carbonyl (C=O) groups is 3. The second-order valence-corrected chi connectivity index (χ2v) is 10.2. The highest BCUT2D eigenvalue weighted by Gasteiger charge is 2.58. The Morgan fingerprint density at radius 2 is 1.88 bits per heavy atom. The van der Waals surface area contributed by atoms with Gasteiger partial charge < -0.3 is 20.8 Å². The third-order valence-electron chi connectivity index (χ3n) is 5.98. The summed E-state index contributed by atoms with van der Waals surface area (Å²) >= 11 is 0.909. The summed E-state index contributed by atoms with van der Waals surface area (Å²) in [5.74, 6) is -0.621. The van der Waals surface area contributed by atoms with E-state index in [1.165, 1.54) is 20.8 Å². The van der Waals surface area contributed by atoms with Gasteiger partial charge in [-0.15, -0.1) is 0 Å². The molecular formula is C24H42N2O5S. The third kappa shape index (κ3) is 8.52. The van der Waals surface area contributed by atoms with Crippen LogP contribution < -0.4 is 10.6 Å². The van der Waals surface area contributed by atoms with Crippen LogP contribution in [-0.2, 0) is 14.4 Å². The number of thioether (sulfide) groups is 1. The highest BCUT2D eigenvalue weighted by atomic mass is 32.2. The first kappa shape index (κ1) is 28.7. The molecule has 8 heteroatoms. The molecule has 0 aromatic heterocycles. The van der Waals surface area contributed by atoms with Crippen LogP contribution in [0.5, 0.6) is 0 Å². The molecule has 0 aromatic carbocycles. The fourth-order valence-electron chi connectivity index (χ4n) is 4.09. The van der Waals surface area contributed by atoms with E-state index in [1.54, 1.807) is 0 Å². The molecule has 1 aliphatic carbocycles. The van der Waals surface area contributed by atoms with Gasteiger partial charge in [-0.25, -0.2) is 0 Å². The standard InChI is InChI=1S/C24H42N2O5S/c1-5-6-7-8-12-15-20(28)26-24(23(3,4)31,21(29)19-13-10-9-11-14-19)22(30)32-17-16-25-18(2)27/h10,13,19,21,29,31H,5-9,11-12,14-17H2,1-4H3,(H,25,27)(H,26,28)/t19-,21+,24+/m1/s1. The van der Waals surface area contributed by atoms with E-state index in [1.807, 2.05) is 12.2 Å². The Balaban J connectivity index is 3.09. The fraction of sp³-hybridized carbons (Fsp3) is 0.792. The maximum absolute atomic E-state index is 13.5. The summed E-state index contributed by atoms with van der Waals surface area (Å²) in [7, 11) is 0. The number of carbonyl (C=O) groups excluding carboxylic acids is 3. The van der Waals surface area contributed by atoms with Gasteiger partial charge >= 0.3 is 0 Å². The minimum absolute atomic E-state index is 0.199. The number of allylic oxidation sites excluding steroid dienone is 1. The Morgan fingerprint density at radius 1 is 1.19 bits per heavy atom. The number of hydrogen-bond acceptors (Lipinski definition) is 6. The average Bonchev–Trinajstić information content (AvgIpc) is 2.73. The smallest absolute Gasteiger partial charge is 0.220 e. The molecule has 0 spiro atoms. The molecule has 1 aliphatic rings. The maximum Gasteiger partial charge on any atom is 0.220 e. The lowest BCUT2D eigenvalue weighted by molar-refractivity contribution is -0.151. The number of aliphatic hydroxyl groups is 2. The van der Waals surface area contributed by atoms with Crippen molar-refractivity contribution >= 4 is 28.7 Å². The van der Waals surface area contributed by atoms with Crippen LogP contribution in [0.2, 0.25) is 0 Å². The van der Waals surface area contributed by atoms with Crippen LogP contribution in [-0.4, -0.2) is 56.7 Å². The average molecular weight is 471 g/mol. The largest absolute Gasteiger partial charge is 0.389 e. The molecule has 0 saturated carbocycles. The van der Waals surface area contributed by atoms with Crippen molar-refractivity contribution in [3.63, 3.8) is 0 Å². The number of nitrogens with one attached hydrogen (secondary N) is 2. The van der Waals surface area contributed by atoms with Crippen LogP contribution in [0.3, 0.4) is 0 Å². The van der Waals surface area contributed by atoms with Crippen molar-refractivity contribution in [2.75, 3.05) is 12.3 Å². The van der Waals surface area contributed by atoms with Crippen LogP contribution in [0, 0.1) is 5.92 Å². The van der Waals surface area contributed by atoms with Gasteiger partial charge in [0.25, 0.3) is 0 Å². The summed E-state index contributed by atoms with van der Waals surface area (Å²) < 4.78 is 0. The van der Waals surface area contributed by atoms with Gasteiger partial charge in [0.2, 0.25) is 16.9 Å². The van der Waals surface area contributed by atoms with E-state index in [2.05, 4.69) is 17.6 Å². The lowest BCUT2D eigenvalue weighted by atomic mass is 9.71. The van der Waals surface area contributed by atoms with E-state index in [9.17, 15) is 24.6 Å². The second-order valence-electron chi connectivity index (χ2n) is 9.17. The van der Waals surface area contributed by atoms with E-state index in [4.69, 9.17) is 0 Å². The molecule has 4 N–H and O–H groups in total. The molecule has 0 aromatic rings. The third-order valence-corrected chi connectivity index (χ3v) is 6.97. The quantitative estimate of drug-likeness (QED) is 0.229. The maximum atomic E-state index is 13.5. The number of amides is 2. The predicted molar refractivity (Wildman–Crippen MR) is 129 cm³/mol. The molecule has 32 heavy (non-hydrogen) atoms. The minimum Gasteiger partial charge on any atom is -0.389 e. The van der Waals surface area contributed by atoms with Gasteiger partial charge in [-0.3, -0.25) is 14.4 Å². The number of unbranched alkanes of at least 4 members (excludes halogenated alkanes) is 4. The normalized spacial score (nSPS) is 19.1. The molecule has 0 saturated heterocycles. The van der Waals surface area contributed by atoms with Gasteiger partial charge in [0.15, 0.2) is 5.54 Å². The number of rotatable bonds is 14. The Bertz CT molecular complexity index is 647. The van der Waals surface area contributed by atoms with Crippen molar-refractivity contribution in [2.45, 2.75) is 103 Å². The van der Waals surface area contributed by atoms with Crippen LogP contribution in [0.1, 0.15) is 85.5 Å². The Kier molecular flexibility index (Phi) is 12.5. The molecule has 0 fully saturated rings. The zero-order chi connectivity index (χ0) is 24.2. The van der Waals surface area contributed by atoms with E-state index in [0.29, 0.717) is 12.8 Å². The Labute approximate surface area is 197 Å². The molecule has 184 valence electrons. The molecule has 0 heterocycles. The van der Waals surface area contributed by atoms with E-state index in [-0.39, 0.29) is 36.5 Å². The molecule has 1 rings (SSSR count).